The number of nitrogens with zero attached hydrogens (tertiary/aromatic N) is 1. The number of ketones is 1. The molecule has 0 aromatic heterocycles. The monoisotopic (exact) mass is 689 g/mol. The number of hydrogen-bond donors (Lipinski definition) is 5. The van der Waals surface area contributed by atoms with Crippen LogP contribution in [0.3, 0.4) is 0 Å². The Kier molecular flexibility index (Phi) is 13.7. The lowest BCUT2D eigenvalue weighted by molar-refractivity contribution is -0.144. The molecule has 0 saturated carbocycles. The normalized spacial score (nSPS) is 23.4. The highest BCUT2D eigenvalue weighted by atomic mass is 16.3. The van der Waals surface area contributed by atoms with Gasteiger partial charge in [0, 0.05) is 31.5 Å². The van der Waals surface area contributed by atoms with E-state index in [1.807, 2.05) is 54.6 Å². The van der Waals surface area contributed by atoms with Gasteiger partial charge in [-0.2, -0.15) is 0 Å². The number of nitrogens with one attached hydrogen (secondary N) is 4. The van der Waals surface area contributed by atoms with Crippen molar-refractivity contribution in [2.24, 2.45) is 0 Å². The molecule has 0 spiro atoms. The van der Waals surface area contributed by atoms with E-state index in [-0.39, 0.29) is 36.9 Å². The number of unbranched alkanes of at least 4 members (excludes halogenated alkanes) is 2. The van der Waals surface area contributed by atoms with Gasteiger partial charge in [-0.1, -0.05) is 62.2 Å². The van der Waals surface area contributed by atoms with Crippen molar-refractivity contribution in [1.29, 1.82) is 0 Å². The summed E-state index contributed by atoms with van der Waals surface area (Å²) < 4.78 is 0. The van der Waals surface area contributed by atoms with Crippen LogP contribution < -0.4 is 21.3 Å². The lowest BCUT2D eigenvalue weighted by Gasteiger charge is -2.36. The molecule has 270 valence electrons. The second-order valence-corrected chi connectivity index (χ2v) is 13.6. The summed E-state index contributed by atoms with van der Waals surface area (Å²) in [6.45, 7) is 5.16. The molecule has 5 N–H and O–H groups in total. The molecular weight excluding hydrogens is 638 g/mol. The first kappa shape index (κ1) is 38.2. The van der Waals surface area contributed by atoms with Crippen LogP contribution >= 0.6 is 0 Å². The van der Waals surface area contributed by atoms with E-state index in [4.69, 9.17) is 0 Å². The van der Waals surface area contributed by atoms with Crippen molar-refractivity contribution in [2.45, 2.75) is 121 Å². The lowest BCUT2D eigenvalue weighted by Crippen LogP contribution is -2.65. The molecule has 0 bridgehead atoms. The Morgan fingerprint density at radius 3 is 2.30 bits per heavy atom. The number of benzene rings is 2. The van der Waals surface area contributed by atoms with Crippen molar-refractivity contribution in [3.8, 4) is 0 Å². The Morgan fingerprint density at radius 2 is 1.62 bits per heavy atom. The summed E-state index contributed by atoms with van der Waals surface area (Å²) in [6.07, 6.45) is 3.50. The second-order valence-electron chi connectivity index (χ2n) is 13.6. The first-order chi connectivity index (χ1) is 23.9. The minimum Gasteiger partial charge on any atom is -0.386 e. The van der Waals surface area contributed by atoms with Crippen LogP contribution in [-0.4, -0.2) is 81.6 Å². The van der Waals surface area contributed by atoms with Gasteiger partial charge in [0.05, 0.1) is 0 Å². The zero-order valence-electron chi connectivity index (χ0n) is 29.3. The number of rotatable bonds is 14. The van der Waals surface area contributed by atoms with Gasteiger partial charge in [0.15, 0.2) is 5.78 Å². The molecule has 0 radical (unpaired) electrons. The molecule has 12 nitrogen and oxygen atoms in total. The van der Waals surface area contributed by atoms with Crippen LogP contribution in [-0.2, 0) is 41.6 Å². The van der Waals surface area contributed by atoms with Gasteiger partial charge in [0.2, 0.25) is 29.5 Å². The van der Waals surface area contributed by atoms with E-state index in [9.17, 15) is 33.9 Å². The molecule has 50 heavy (non-hydrogen) atoms. The van der Waals surface area contributed by atoms with Crippen LogP contribution in [0.15, 0.2) is 54.6 Å². The SMILES string of the molecule is CC[C@]1(C)NC(=O)[C@H](CCCCCC(=O)[C@@H](C)O)NC(=O)[C@H]2CCCN2C(=O)[C@H](Cc2ccc(CCC(=O)Nc3ccccc3)cc2)NC1=O. The van der Waals surface area contributed by atoms with E-state index in [0.717, 1.165) is 16.8 Å². The third-order valence-electron chi connectivity index (χ3n) is 9.73. The number of carbonyl (C=O) groups excluding carboxylic acids is 6. The number of fused-ring (bicyclic) bond motifs is 1. The fourth-order valence-electron chi connectivity index (χ4n) is 6.34. The molecule has 2 heterocycles. The van der Waals surface area contributed by atoms with Crippen molar-refractivity contribution >= 4 is 41.0 Å². The van der Waals surface area contributed by atoms with E-state index in [2.05, 4.69) is 21.3 Å². The summed E-state index contributed by atoms with van der Waals surface area (Å²) in [6, 6.07) is 14.1. The van der Waals surface area contributed by atoms with Gasteiger partial charge in [0.1, 0.15) is 29.8 Å². The molecule has 2 saturated heterocycles. The third kappa shape index (κ3) is 10.5. The molecule has 4 rings (SSSR count). The van der Waals surface area contributed by atoms with Crippen molar-refractivity contribution < 1.29 is 33.9 Å². The average molecular weight is 690 g/mol. The Labute approximate surface area is 294 Å². The second kappa shape index (κ2) is 17.9. The number of anilines is 1. The largest absolute Gasteiger partial charge is 0.386 e. The fraction of sp³-hybridized carbons (Fsp3) is 0.526. The van der Waals surface area contributed by atoms with Gasteiger partial charge >= 0.3 is 0 Å². The lowest BCUT2D eigenvalue weighted by atomic mass is 9.94. The van der Waals surface area contributed by atoms with Crippen LogP contribution in [0.1, 0.15) is 89.7 Å². The average Bonchev–Trinajstić information content (AvgIpc) is 3.60. The first-order valence-corrected chi connectivity index (χ1v) is 17.8. The molecule has 12 heteroatoms. The molecule has 0 aliphatic carbocycles. The van der Waals surface area contributed by atoms with Crippen LogP contribution in [0.5, 0.6) is 0 Å². The predicted octanol–water partition coefficient (Wildman–Crippen LogP) is 2.96. The van der Waals surface area contributed by atoms with Gasteiger partial charge in [-0.05, 0) is 75.6 Å². The van der Waals surface area contributed by atoms with Gasteiger partial charge in [0.25, 0.3) is 0 Å². The first-order valence-electron chi connectivity index (χ1n) is 17.8. The maximum atomic E-state index is 14.1. The van der Waals surface area contributed by atoms with Crippen molar-refractivity contribution in [2.75, 3.05) is 11.9 Å². The zero-order valence-corrected chi connectivity index (χ0v) is 29.3. The molecule has 2 aromatic carbocycles. The van der Waals surface area contributed by atoms with Crippen LogP contribution in [0.4, 0.5) is 5.69 Å². The van der Waals surface area contributed by atoms with E-state index >= 15 is 0 Å². The molecule has 5 atom stereocenters. The smallest absolute Gasteiger partial charge is 0.246 e. The third-order valence-corrected chi connectivity index (χ3v) is 9.73. The number of Topliss-reactive ketones (excluding diaryl/α,β-unsaturated/α-hetero) is 1. The molecule has 2 aliphatic heterocycles. The Balaban J connectivity index is 1.45. The highest BCUT2D eigenvalue weighted by Gasteiger charge is 2.43. The maximum absolute atomic E-state index is 14.1. The molecule has 5 amide bonds. The number of hydrogen-bond acceptors (Lipinski definition) is 7. The Bertz CT molecular complexity index is 1510. The number of aryl methyl sites for hydroxylation is 1. The van der Waals surface area contributed by atoms with Crippen molar-refractivity contribution in [3.05, 3.63) is 65.7 Å². The van der Waals surface area contributed by atoms with Crippen molar-refractivity contribution in [1.82, 2.24) is 20.9 Å². The molecule has 2 aromatic rings. The minimum atomic E-state index is -1.35. The summed E-state index contributed by atoms with van der Waals surface area (Å²) in [5.74, 6) is -2.09. The number of aliphatic hydroxyl groups is 1. The highest BCUT2D eigenvalue weighted by molar-refractivity contribution is 5.99. The maximum Gasteiger partial charge on any atom is 0.246 e. The van der Waals surface area contributed by atoms with Crippen molar-refractivity contribution in [3.63, 3.8) is 0 Å². The fourth-order valence-corrected chi connectivity index (χ4v) is 6.34. The van der Waals surface area contributed by atoms with Gasteiger partial charge in [-0.3, -0.25) is 28.8 Å². The Morgan fingerprint density at radius 1 is 0.920 bits per heavy atom. The molecule has 2 aliphatic rings. The number of aliphatic hydroxyl groups excluding tert-OH is 1. The minimum absolute atomic E-state index is 0.0926. The summed E-state index contributed by atoms with van der Waals surface area (Å²) in [5, 5.41) is 20.9. The van der Waals surface area contributed by atoms with Gasteiger partial charge < -0.3 is 31.3 Å². The number of para-hydroxylation sites is 1. The van der Waals surface area contributed by atoms with E-state index in [1.165, 1.54) is 11.8 Å². The standard InChI is InChI=1S/C38H51N5O7/c1-4-38(3)37(50)41-30(24-27-19-17-26(18-20-27)21-22-33(46)39-28-12-7-5-8-13-28)36(49)43-23-11-15-31(43)35(48)40-29(34(47)42-38)14-9-6-10-16-32(45)25(2)44/h5,7-8,12-13,17-20,25,29-31,44H,4,6,9-11,14-16,21-24H2,1-3H3,(H,39,46)(H,40,48)(H,41,50)(H,42,47)/t25-,29+,30+,31-,38+/m1/s1. The number of carbonyl (C=O) groups is 6. The molecular formula is C38H51N5O7. The summed E-state index contributed by atoms with van der Waals surface area (Å²) in [7, 11) is 0. The molecule has 2 fully saturated rings. The number of amides is 5. The zero-order chi connectivity index (χ0) is 36.3. The van der Waals surface area contributed by atoms with Crippen LogP contribution in [0.25, 0.3) is 0 Å². The van der Waals surface area contributed by atoms with Gasteiger partial charge in [-0.25, -0.2) is 0 Å². The summed E-state index contributed by atoms with van der Waals surface area (Å²) in [5.41, 5.74) is 1.14. The van der Waals surface area contributed by atoms with E-state index in [1.54, 1.807) is 13.8 Å². The quantitative estimate of drug-likeness (QED) is 0.190. The highest BCUT2D eigenvalue weighted by Crippen LogP contribution is 2.23. The van der Waals surface area contributed by atoms with E-state index in [0.29, 0.717) is 57.9 Å². The topological polar surface area (TPSA) is 174 Å². The van der Waals surface area contributed by atoms with E-state index < -0.39 is 47.5 Å². The Hall–Kier alpha value is -4.58. The van der Waals surface area contributed by atoms with Crippen LogP contribution in [0.2, 0.25) is 0 Å². The summed E-state index contributed by atoms with van der Waals surface area (Å²) in [4.78, 5) is 80.8. The van der Waals surface area contributed by atoms with Gasteiger partial charge in [-0.15, -0.1) is 0 Å². The predicted molar refractivity (Wildman–Crippen MR) is 189 cm³/mol. The van der Waals surface area contributed by atoms with Crippen LogP contribution in [0, 0.1) is 0 Å². The summed E-state index contributed by atoms with van der Waals surface area (Å²) >= 11 is 0. The molecule has 0 unspecified atom stereocenters.